The van der Waals surface area contributed by atoms with E-state index in [9.17, 15) is 13.2 Å². The quantitative estimate of drug-likeness (QED) is 0.591. The predicted molar refractivity (Wildman–Crippen MR) is 128 cm³/mol. The second kappa shape index (κ2) is 9.58. The van der Waals surface area contributed by atoms with E-state index in [-0.39, 0.29) is 10.8 Å². The van der Waals surface area contributed by atoms with E-state index in [2.05, 4.69) is 23.5 Å². The molecule has 32 heavy (non-hydrogen) atoms. The molecule has 0 spiro atoms. The van der Waals surface area contributed by atoms with Crippen molar-refractivity contribution in [2.45, 2.75) is 37.1 Å². The van der Waals surface area contributed by atoms with Crippen LogP contribution in [0.4, 0.5) is 5.69 Å². The number of rotatable bonds is 2. The molecule has 8 heteroatoms. The van der Waals surface area contributed by atoms with Crippen molar-refractivity contribution < 1.29 is 13.2 Å². The molecular weight excluding hydrogens is 446 g/mol. The van der Waals surface area contributed by atoms with E-state index in [4.69, 9.17) is 16.7 Å². The molecule has 5 rings (SSSR count). The Morgan fingerprint density at radius 2 is 1.69 bits per heavy atom. The smallest absolute Gasteiger partial charge is 0.238 e. The summed E-state index contributed by atoms with van der Waals surface area (Å²) < 4.78 is 22.2. The van der Waals surface area contributed by atoms with Crippen molar-refractivity contribution in [3.8, 4) is 0 Å². The van der Waals surface area contributed by atoms with Gasteiger partial charge < -0.3 is 10.2 Å². The molecule has 1 fully saturated rings. The summed E-state index contributed by atoms with van der Waals surface area (Å²) in [6, 6.07) is 16.4. The van der Waals surface area contributed by atoms with Gasteiger partial charge in [-0.25, -0.2) is 13.6 Å². The molecule has 3 aromatic rings. The first kappa shape index (κ1) is 22.7. The van der Waals surface area contributed by atoms with Crippen molar-refractivity contribution in [1.29, 1.82) is 0 Å². The molecule has 1 amide bonds. The zero-order valence-electron chi connectivity index (χ0n) is 17.7. The highest BCUT2D eigenvalue weighted by atomic mass is 35.5. The highest BCUT2D eigenvalue weighted by Gasteiger charge is 2.22. The molecular formula is C24H26ClN3O3S. The molecule has 0 aliphatic carbocycles. The third kappa shape index (κ3) is 5.30. The molecule has 0 bridgehead atoms. The van der Waals surface area contributed by atoms with Crippen molar-refractivity contribution in [3.63, 3.8) is 0 Å². The lowest BCUT2D eigenvalue weighted by molar-refractivity contribution is -0.117. The van der Waals surface area contributed by atoms with E-state index in [0.29, 0.717) is 11.4 Å². The average molecular weight is 472 g/mol. The summed E-state index contributed by atoms with van der Waals surface area (Å²) in [7, 11) is -3.64. The number of sulfonamides is 1. The van der Waals surface area contributed by atoms with E-state index >= 15 is 0 Å². The van der Waals surface area contributed by atoms with Crippen molar-refractivity contribution in [2.24, 2.45) is 5.14 Å². The van der Waals surface area contributed by atoms with Gasteiger partial charge in [-0.3, -0.25) is 4.79 Å². The molecule has 0 atom stereocenters. The maximum atomic E-state index is 11.7. The number of nitrogens with two attached hydrogens (primary N) is 1. The number of hydrogen-bond donors (Lipinski definition) is 2. The zero-order valence-corrected chi connectivity index (χ0v) is 19.3. The summed E-state index contributed by atoms with van der Waals surface area (Å²) in [5.41, 5.74) is 3.88. The third-order valence-corrected chi connectivity index (χ3v) is 6.94. The summed E-state index contributed by atoms with van der Waals surface area (Å²) in [6.45, 7) is 2.91. The van der Waals surface area contributed by atoms with Gasteiger partial charge in [0.15, 0.2) is 0 Å². The Morgan fingerprint density at radius 3 is 2.44 bits per heavy atom. The SMILES string of the molecule is NS(=O)(=O)c1ccc2cc(Cl)ccc2c1.O=C1CCCN1c1ccc2c(c1)CNCCC2. The Balaban J connectivity index is 0.000000155. The highest BCUT2D eigenvalue weighted by Crippen LogP contribution is 2.26. The normalized spacial score (nSPS) is 16.3. The van der Waals surface area contributed by atoms with E-state index in [1.54, 1.807) is 24.3 Å². The summed E-state index contributed by atoms with van der Waals surface area (Å²) in [5, 5.41) is 10.8. The molecule has 0 saturated carbocycles. The van der Waals surface area contributed by atoms with Crippen LogP contribution in [-0.2, 0) is 27.8 Å². The van der Waals surface area contributed by atoms with Crippen LogP contribution in [0.2, 0.25) is 5.02 Å². The fraction of sp³-hybridized carbons (Fsp3) is 0.292. The van der Waals surface area contributed by atoms with Crippen molar-refractivity contribution in [1.82, 2.24) is 5.32 Å². The van der Waals surface area contributed by atoms with Gasteiger partial charge >= 0.3 is 0 Å². The Hall–Kier alpha value is -2.45. The summed E-state index contributed by atoms with van der Waals surface area (Å²) in [6.07, 6.45) is 4.05. The topological polar surface area (TPSA) is 92.5 Å². The fourth-order valence-electron chi connectivity index (χ4n) is 4.11. The molecule has 0 unspecified atom stereocenters. The van der Waals surface area contributed by atoms with Crippen molar-refractivity contribution in [2.75, 3.05) is 18.0 Å². The number of nitrogens with one attached hydrogen (secondary N) is 1. The van der Waals surface area contributed by atoms with Crippen LogP contribution in [0.1, 0.15) is 30.4 Å². The molecule has 3 N–H and O–H groups in total. The molecule has 2 aliphatic rings. The molecule has 0 radical (unpaired) electrons. The number of amides is 1. The van der Waals surface area contributed by atoms with E-state index < -0.39 is 10.0 Å². The van der Waals surface area contributed by atoms with Crippen LogP contribution in [-0.4, -0.2) is 27.4 Å². The van der Waals surface area contributed by atoms with Crippen molar-refractivity contribution >= 4 is 44.0 Å². The zero-order chi connectivity index (χ0) is 22.7. The lowest BCUT2D eigenvalue weighted by Crippen LogP contribution is -2.24. The number of fused-ring (bicyclic) bond motifs is 2. The van der Waals surface area contributed by atoms with Gasteiger partial charge in [-0.1, -0.05) is 29.8 Å². The molecule has 1 saturated heterocycles. The first-order valence-electron chi connectivity index (χ1n) is 10.7. The Kier molecular flexibility index (Phi) is 6.81. The van der Waals surface area contributed by atoms with E-state index in [1.807, 2.05) is 4.90 Å². The summed E-state index contributed by atoms with van der Waals surface area (Å²) >= 11 is 5.81. The van der Waals surface area contributed by atoms with Crippen molar-refractivity contribution in [3.05, 3.63) is 70.7 Å². The number of primary sulfonamides is 1. The van der Waals surface area contributed by atoms with Gasteiger partial charge in [0.2, 0.25) is 15.9 Å². The maximum absolute atomic E-state index is 11.7. The van der Waals surface area contributed by atoms with Crippen LogP contribution in [0.25, 0.3) is 10.8 Å². The average Bonchev–Trinajstić information content (AvgIpc) is 3.05. The molecule has 2 aliphatic heterocycles. The molecule has 2 heterocycles. The number of carbonyl (C=O) groups excluding carboxylic acids is 1. The van der Waals surface area contributed by atoms with Crippen LogP contribution < -0.4 is 15.4 Å². The van der Waals surface area contributed by atoms with Crippen LogP contribution in [0, 0.1) is 0 Å². The van der Waals surface area contributed by atoms with Gasteiger partial charge in [-0.2, -0.15) is 0 Å². The minimum atomic E-state index is -3.64. The lowest BCUT2D eigenvalue weighted by atomic mass is 10.0. The molecule has 3 aromatic carbocycles. The standard InChI is InChI=1S/C14H18N2O.C10H8ClNO2S/c17-14-4-2-8-16(14)13-6-5-11-3-1-7-15-10-12(11)9-13;11-9-3-1-8-6-10(15(12,13)14)4-2-7(8)5-9/h5-6,9,15H,1-4,7-8,10H2;1-6H,(H2,12,13,14). The number of carbonyl (C=O) groups is 1. The second-order valence-corrected chi connectivity index (χ2v) is 10.1. The maximum Gasteiger partial charge on any atom is 0.238 e. The molecule has 168 valence electrons. The molecule has 6 nitrogen and oxygen atoms in total. The van der Waals surface area contributed by atoms with Gasteiger partial charge in [-0.05, 0) is 84.1 Å². The number of anilines is 1. The van der Waals surface area contributed by atoms with Gasteiger partial charge in [0.25, 0.3) is 0 Å². The number of benzene rings is 3. The highest BCUT2D eigenvalue weighted by molar-refractivity contribution is 7.89. The van der Waals surface area contributed by atoms with Gasteiger partial charge in [0.05, 0.1) is 4.90 Å². The van der Waals surface area contributed by atoms with Crippen LogP contribution in [0.15, 0.2) is 59.5 Å². The van der Waals surface area contributed by atoms with Gasteiger partial charge in [0, 0.05) is 30.2 Å². The van der Waals surface area contributed by atoms with Crippen LogP contribution in [0.3, 0.4) is 0 Å². The summed E-state index contributed by atoms with van der Waals surface area (Å²) in [4.78, 5) is 13.8. The van der Waals surface area contributed by atoms with E-state index in [0.717, 1.165) is 48.9 Å². The van der Waals surface area contributed by atoms with E-state index in [1.165, 1.54) is 29.7 Å². The number of aryl methyl sites for hydroxylation is 1. The number of nitrogens with zero attached hydrogens (tertiary/aromatic N) is 1. The molecule has 0 aromatic heterocycles. The lowest BCUT2D eigenvalue weighted by Gasteiger charge is -2.18. The monoisotopic (exact) mass is 471 g/mol. The van der Waals surface area contributed by atoms with Gasteiger partial charge in [0.1, 0.15) is 0 Å². The fourth-order valence-corrected chi connectivity index (χ4v) is 4.84. The van der Waals surface area contributed by atoms with Gasteiger partial charge in [-0.15, -0.1) is 0 Å². The van der Waals surface area contributed by atoms with Crippen LogP contribution >= 0.6 is 11.6 Å². The summed E-state index contributed by atoms with van der Waals surface area (Å²) in [5.74, 6) is 0.270. The largest absolute Gasteiger partial charge is 0.313 e. The Labute approximate surface area is 193 Å². The van der Waals surface area contributed by atoms with Crippen LogP contribution in [0.5, 0.6) is 0 Å². The third-order valence-electron chi connectivity index (χ3n) is 5.79. The predicted octanol–water partition coefficient (Wildman–Crippen LogP) is 3.99. The minimum absolute atomic E-state index is 0.109. The number of halogens is 1. The minimum Gasteiger partial charge on any atom is -0.313 e. The second-order valence-electron chi connectivity index (χ2n) is 8.08. The number of hydrogen-bond acceptors (Lipinski definition) is 4. The Bertz CT molecular complexity index is 1260. The first-order chi connectivity index (χ1) is 15.3. The first-order valence-corrected chi connectivity index (χ1v) is 12.6. The Morgan fingerprint density at radius 1 is 0.906 bits per heavy atom.